The van der Waals surface area contributed by atoms with Crippen LogP contribution in [0.5, 0.6) is 17.2 Å². The van der Waals surface area contributed by atoms with Crippen molar-refractivity contribution in [2.75, 3.05) is 6.61 Å². The maximum atomic E-state index is 12.7. The molecule has 2 aliphatic rings. The molecule has 2 aliphatic heterocycles. The molecule has 2 fully saturated rings. The Kier molecular flexibility index (Phi) is 8.20. The number of aliphatic hydroxyl groups excluding tert-OH is 6. The van der Waals surface area contributed by atoms with Crippen molar-refractivity contribution in [1.82, 2.24) is 0 Å². The van der Waals surface area contributed by atoms with Gasteiger partial charge < -0.3 is 64.2 Å². The molecule has 4 unspecified atom stereocenters. The summed E-state index contributed by atoms with van der Waals surface area (Å²) in [5.41, 5.74) is -0.149. The molecule has 0 saturated carbocycles. The summed E-state index contributed by atoms with van der Waals surface area (Å²) in [6, 6.07) is 9.40. The average molecular weight is 579 g/mol. The summed E-state index contributed by atoms with van der Waals surface area (Å²) in [7, 11) is 0. The van der Waals surface area contributed by atoms with E-state index in [2.05, 4.69) is 0 Å². The molecule has 0 bridgehead atoms. The Balaban J connectivity index is 1.35. The molecule has 0 aliphatic carbocycles. The van der Waals surface area contributed by atoms with E-state index in [1.165, 1.54) is 43.3 Å². The summed E-state index contributed by atoms with van der Waals surface area (Å²) in [4.78, 5) is 12.7. The number of rotatable bonds is 6. The van der Waals surface area contributed by atoms with Gasteiger partial charge in [0.05, 0.1) is 12.7 Å². The quantitative estimate of drug-likeness (QED) is 0.174. The summed E-state index contributed by atoms with van der Waals surface area (Å²) in [5, 5.41) is 81.2. The predicted molar refractivity (Wildman–Crippen MR) is 137 cm³/mol. The lowest BCUT2D eigenvalue weighted by atomic mass is 9.98. The number of aliphatic hydroxyl groups is 6. The number of hydrogen-bond acceptors (Lipinski definition) is 14. The molecule has 1 aromatic heterocycles. The van der Waals surface area contributed by atoms with Crippen LogP contribution in [-0.2, 0) is 14.2 Å². The van der Waals surface area contributed by atoms with Crippen LogP contribution in [0.15, 0.2) is 51.7 Å². The third-order valence-electron chi connectivity index (χ3n) is 7.09. The zero-order chi connectivity index (χ0) is 29.6. The first kappa shape index (κ1) is 29.2. The van der Waals surface area contributed by atoms with Crippen LogP contribution in [0.4, 0.5) is 0 Å². The molecule has 14 nitrogen and oxygen atoms in total. The number of benzene rings is 2. The molecule has 3 heterocycles. The largest absolute Gasteiger partial charge is 0.508 e. The van der Waals surface area contributed by atoms with E-state index in [4.69, 9.17) is 23.4 Å². The first-order valence-corrected chi connectivity index (χ1v) is 12.7. The Bertz CT molecular complexity index is 1420. The van der Waals surface area contributed by atoms with Crippen molar-refractivity contribution in [1.29, 1.82) is 0 Å². The molecule has 3 aromatic rings. The highest BCUT2D eigenvalue weighted by Crippen LogP contribution is 2.34. The van der Waals surface area contributed by atoms with Gasteiger partial charge in [-0.3, -0.25) is 4.79 Å². The fourth-order valence-corrected chi connectivity index (χ4v) is 4.71. The molecule has 2 saturated heterocycles. The lowest BCUT2D eigenvalue weighted by Gasteiger charge is -2.42. The summed E-state index contributed by atoms with van der Waals surface area (Å²) in [6.45, 7) is 0.969. The number of aromatic hydroxyl groups is 2. The van der Waals surface area contributed by atoms with E-state index in [0.29, 0.717) is 5.56 Å². The topological polar surface area (TPSA) is 229 Å². The fourth-order valence-electron chi connectivity index (χ4n) is 4.71. The van der Waals surface area contributed by atoms with Gasteiger partial charge in [0, 0.05) is 23.8 Å². The van der Waals surface area contributed by atoms with Gasteiger partial charge in [-0.05, 0) is 31.2 Å². The molecule has 0 spiro atoms. The number of hydrogen-bond donors (Lipinski definition) is 8. The van der Waals surface area contributed by atoms with Gasteiger partial charge in [0.25, 0.3) is 0 Å². The number of fused-ring (bicyclic) bond motifs is 1. The molecular formula is C27H30O14. The molecule has 0 radical (unpaired) electrons. The lowest BCUT2D eigenvalue weighted by molar-refractivity contribution is -0.318. The minimum atomic E-state index is -1.76. The lowest BCUT2D eigenvalue weighted by Crippen LogP contribution is -2.61. The minimum Gasteiger partial charge on any atom is -0.508 e. The van der Waals surface area contributed by atoms with E-state index in [0.717, 1.165) is 6.07 Å². The van der Waals surface area contributed by atoms with Crippen LogP contribution >= 0.6 is 0 Å². The second kappa shape index (κ2) is 11.5. The van der Waals surface area contributed by atoms with Gasteiger partial charge in [-0.1, -0.05) is 0 Å². The molecule has 10 atom stereocenters. The van der Waals surface area contributed by atoms with E-state index in [9.17, 15) is 45.6 Å². The molecule has 0 amide bonds. The average Bonchev–Trinajstić information content (AvgIpc) is 2.94. The maximum absolute atomic E-state index is 12.7. The van der Waals surface area contributed by atoms with Gasteiger partial charge in [0.1, 0.15) is 76.7 Å². The third kappa shape index (κ3) is 5.74. The normalized spacial score (nSPS) is 34.0. The monoisotopic (exact) mass is 578 g/mol. The van der Waals surface area contributed by atoms with Crippen LogP contribution in [0.1, 0.15) is 6.92 Å². The summed E-state index contributed by atoms with van der Waals surface area (Å²) in [5.74, 6) is -0.457. The van der Waals surface area contributed by atoms with Crippen molar-refractivity contribution in [2.24, 2.45) is 0 Å². The SMILES string of the molecule is CC1O[C@@H](OCC2O[C@@H](Oc3cc(O)c4c(=O)cc(-c5ccc(O)cc5)oc4c3)C(O)[C@@H](O)[C@@H]2O)C(O)[C@@H](O)[C@H]1O. The summed E-state index contributed by atoms with van der Waals surface area (Å²) < 4.78 is 27.9. The van der Waals surface area contributed by atoms with Gasteiger partial charge in [-0.15, -0.1) is 0 Å². The van der Waals surface area contributed by atoms with Gasteiger partial charge in [0.15, 0.2) is 11.7 Å². The molecule has 2 aromatic carbocycles. The molecule has 41 heavy (non-hydrogen) atoms. The standard InChI is InChI=1S/C27H30O14/c1-10-20(31)22(33)24(35)26(38-10)37-9-18-21(32)23(34)25(36)27(41-18)39-13-6-14(29)19-15(30)8-16(40-17(19)7-13)11-2-4-12(28)5-3-11/h2-8,10,18,20-29,31-36H,9H2,1H3/t10?,18?,20-,21+,22-,23-,24?,25?,26+,27+/m0/s1. The van der Waals surface area contributed by atoms with Crippen LogP contribution in [0, 0.1) is 0 Å². The van der Waals surface area contributed by atoms with Crippen molar-refractivity contribution in [3.8, 4) is 28.6 Å². The molecular weight excluding hydrogens is 548 g/mol. The zero-order valence-corrected chi connectivity index (χ0v) is 21.5. The van der Waals surface area contributed by atoms with Crippen molar-refractivity contribution >= 4 is 11.0 Å². The van der Waals surface area contributed by atoms with Crippen molar-refractivity contribution < 1.29 is 64.2 Å². The molecule has 5 rings (SSSR count). The second-order valence-corrected chi connectivity index (χ2v) is 9.98. The van der Waals surface area contributed by atoms with Gasteiger partial charge >= 0.3 is 0 Å². The highest BCUT2D eigenvalue weighted by atomic mass is 16.7. The minimum absolute atomic E-state index is 0.0145. The zero-order valence-electron chi connectivity index (χ0n) is 21.5. The molecule has 14 heteroatoms. The van der Waals surface area contributed by atoms with Crippen molar-refractivity contribution in [3.63, 3.8) is 0 Å². The van der Waals surface area contributed by atoms with Crippen LogP contribution in [-0.4, -0.2) is 109 Å². The van der Waals surface area contributed by atoms with Gasteiger partial charge in [-0.2, -0.15) is 0 Å². The summed E-state index contributed by atoms with van der Waals surface area (Å²) >= 11 is 0. The molecule has 8 N–H and O–H groups in total. The van der Waals surface area contributed by atoms with E-state index < -0.39 is 79.2 Å². The van der Waals surface area contributed by atoms with E-state index >= 15 is 0 Å². The van der Waals surface area contributed by atoms with Gasteiger partial charge in [0.2, 0.25) is 6.29 Å². The predicted octanol–water partition coefficient (Wildman–Crippen LogP) is -1.10. The highest BCUT2D eigenvalue weighted by molar-refractivity contribution is 5.86. The number of phenols is 2. The Hall–Kier alpha value is -3.31. The smallest absolute Gasteiger partial charge is 0.229 e. The molecule has 222 valence electrons. The van der Waals surface area contributed by atoms with Crippen molar-refractivity contribution in [2.45, 2.75) is 68.3 Å². The Morgan fingerprint density at radius 3 is 2.15 bits per heavy atom. The van der Waals surface area contributed by atoms with E-state index in [1.54, 1.807) is 0 Å². The Labute approximate surface area is 231 Å². The van der Waals surface area contributed by atoms with Crippen molar-refractivity contribution in [3.05, 3.63) is 52.7 Å². The second-order valence-electron chi connectivity index (χ2n) is 9.98. The fraction of sp³-hybridized carbons (Fsp3) is 0.444. The van der Waals surface area contributed by atoms with Crippen LogP contribution < -0.4 is 10.2 Å². The highest BCUT2D eigenvalue weighted by Gasteiger charge is 2.47. The Morgan fingerprint density at radius 1 is 0.780 bits per heavy atom. The number of phenolic OH excluding ortho intramolecular Hbond substituents is 2. The van der Waals surface area contributed by atoms with E-state index in [-0.39, 0.29) is 28.2 Å². The van der Waals surface area contributed by atoms with Crippen LogP contribution in [0.25, 0.3) is 22.3 Å². The summed E-state index contributed by atoms with van der Waals surface area (Å²) in [6.07, 6.45) is -14.9. The van der Waals surface area contributed by atoms with Crippen LogP contribution in [0.3, 0.4) is 0 Å². The first-order valence-electron chi connectivity index (χ1n) is 12.7. The first-order chi connectivity index (χ1) is 19.4. The number of ether oxygens (including phenoxy) is 4. The van der Waals surface area contributed by atoms with E-state index in [1.807, 2.05) is 0 Å². The van der Waals surface area contributed by atoms with Gasteiger partial charge in [-0.25, -0.2) is 0 Å². The van der Waals surface area contributed by atoms with Crippen LogP contribution in [0.2, 0.25) is 0 Å². The Morgan fingerprint density at radius 2 is 1.44 bits per heavy atom. The maximum Gasteiger partial charge on any atom is 0.229 e. The third-order valence-corrected chi connectivity index (χ3v) is 7.09.